The van der Waals surface area contributed by atoms with E-state index in [1.165, 1.54) is 0 Å². The summed E-state index contributed by atoms with van der Waals surface area (Å²) in [5, 5.41) is 20.5. The molecule has 0 aliphatic carbocycles. The van der Waals surface area contributed by atoms with Crippen molar-refractivity contribution >= 4 is 0 Å². The summed E-state index contributed by atoms with van der Waals surface area (Å²) in [4.78, 5) is 0. The van der Waals surface area contributed by atoms with E-state index in [2.05, 4.69) is 6.07 Å². The fourth-order valence-corrected chi connectivity index (χ4v) is 3.96. The molecule has 3 aromatic carbocycles. The molecule has 0 spiro atoms. The van der Waals surface area contributed by atoms with Crippen molar-refractivity contribution in [2.24, 2.45) is 0 Å². The highest BCUT2D eigenvalue weighted by atomic mass is 16.6. The third-order valence-corrected chi connectivity index (χ3v) is 5.75. The summed E-state index contributed by atoms with van der Waals surface area (Å²) in [6.07, 6.45) is -4.16. The van der Waals surface area contributed by atoms with Gasteiger partial charge in [-0.25, -0.2) is 0 Å². The Morgan fingerprint density at radius 2 is 1.18 bits per heavy atom. The maximum Gasteiger partial charge on any atom is 0.172 e. The van der Waals surface area contributed by atoms with Crippen LogP contribution >= 0.6 is 0 Å². The highest BCUT2D eigenvalue weighted by Gasteiger charge is 2.47. The number of nitrogens with zero attached hydrogens (tertiary/aromatic N) is 1. The Morgan fingerprint density at radius 3 is 1.68 bits per heavy atom. The minimum Gasteiger partial charge on any atom is -0.386 e. The lowest BCUT2D eigenvalue weighted by Crippen LogP contribution is -2.60. The molecule has 1 aliphatic heterocycles. The Bertz CT molecular complexity index is 1020. The van der Waals surface area contributed by atoms with Crippen molar-refractivity contribution in [2.45, 2.75) is 50.3 Å². The van der Waals surface area contributed by atoms with Crippen molar-refractivity contribution in [3.63, 3.8) is 0 Å². The number of benzene rings is 3. The molecule has 1 fully saturated rings. The zero-order valence-electron chi connectivity index (χ0n) is 18.9. The standard InChI is InChI=1S/C28H29NO5/c29-16-24-26(30)28(33-19-23-14-8-3-9-15-23)27(32-18-22-12-6-2-7-13-22)25(34-24)20-31-17-21-10-4-1-5-11-21/h1-15,24-28,30H,17-20H2/t24-,25+,26-,27+,28+/m0/s1. The van der Waals surface area contributed by atoms with E-state index in [1.54, 1.807) is 0 Å². The van der Waals surface area contributed by atoms with Crippen LogP contribution in [0.15, 0.2) is 91.0 Å². The van der Waals surface area contributed by atoms with Crippen LogP contribution in [0.2, 0.25) is 0 Å². The van der Waals surface area contributed by atoms with E-state index in [4.69, 9.17) is 18.9 Å². The number of nitriles is 1. The molecule has 0 unspecified atom stereocenters. The van der Waals surface area contributed by atoms with Crippen LogP contribution < -0.4 is 0 Å². The van der Waals surface area contributed by atoms with Gasteiger partial charge >= 0.3 is 0 Å². The summed E-state index contributed by atoms with van der Waals surface area (Å²) >= 11 is 0. The predicted molar refractivity (Wildman–Crippen MR) is 126 cm³/mol. The van der Waals surface area contributed by atoms with Gasteiger partial charge < -0.3 is 24.1 Å². The lowest BCUT2D eigenvalue weighted by atomic mass is 9.95. The van der Waals surface area contributed by atoms with Crippen molar-refractivity contribution in [1.29, 1.82) is 5.26 Å². The lowest BCUT2D eigenvalue weighted by molar-refractivity contribution is -0.250. The van der Waals surface area contributed by atoms with E-state index in [1.807, 2.05) is 91.0 Å². The van der Waals surface area contributed by atoms with Crippen LogP contribution in [0.25, 0.3) is 0 Å². The molecule has 0 bridgehead atoms. The first-order chi connectivity index (χ1) is 16.7. The van der Waals surface area contributed by atoms with Crippen LogP contribution in [0.1, 0.15) is 16.7 Å². The molecule has 34 heavy (non-hydrogen) atoms. The largest absolute Gasteiger partial charge is 0.386 e. The lowest BCUT2D eigenvalue weighted by Gasteiger charge is -2.42. The summed E-state index contributed by atoms with van der Waals surface area (Å²) < 4.78 is 24.3. The molecule has 0 radical (unpaired) electrons. The minimum absolute atomic E-state index is 0.199. The van der Waals surface area contributed by atoms with Gasteiger partial charge in [0, 0.05) is 0 Å². The fourth-order valence-electron chi connectivity index (χ4n) is 3.96. The third kappa shape index (κ3) is 6.51. The van der Waals surface area contributed by atoms with Crippen LogP contribution in [0.5, 0.6) is 0 Å². The normalized spacial score (nSPS) is 24.4. The molecule has 6 nitrogen and oxygen atoms in total. The van der Waals surface area contributed by atoms with Gasteiger partial charge in [0.25, 0.3) is 0 Å². The Hall–Kier alpha value is -3.05. The number of aliphatic hydroxyl groups is 1. The van der Waals surface area contributed by atoms with E-state index in [0.717, 1.165) is 16.7 Å². The van der Waals surface area contributed by atoms with Gasteiger partial charge in [-0.2, -0.15) is 5.26 Å². The Balaban J connectivity index is 1.49. The molecule has 3 aromatic rings. The molecule has 1 heterocycles. The molecule has 0 amide bonds. The summed E-state index contributed by atoms with van der Waals surface area (Å²) in [6, 6.07) is 31.4. The van der Waals surface area contributed by atoms with Gasteiger partial charge in [0.2, 0.25) is 0 Å². The molecule has 1 aliphatic rings. The quantitative estimate of drug-likeness (QED) is 0.493. The number of rotatable bonds is 10. The SMILES string of the molecule is N#C[C@@H]1O[C@H](COCc2ccccc2)[C@@H](OCc2ccccc2)[C@H](OCc2ccccc2)[C@H]1O. The van der Waals surface area contributed by atoms with Crippen molar-refractivity contribution < 1.29 is 24.1 Å². The van der Waals surface area contributed by atoms with E-state index in [0.29, 0.717) is 13.2 Å². The predicted octanol–water partition coefficient (Wildman–Crippen LogP) is 4.03. The number of aliphatic hydroxyl groups excluding tert-OH is 1. The third-order valence-electron chi connectivity index (χ3n) is 5.75. The molecule has 4 rings (SSSR count). The summed E-state index contributed by atoms with van der Waals surface area (Å²) in [5.74, 6) is 0. The smallest absolute Gasteiger partial charge is 0.172 e. The average Bonchev–Trinajstić information content (AvgIpc) is 2.89. The molecule has 176 valence electrons. The molecule has 1 N–H and O–H groups in total. The van der Waals surface area contributed by atoms with Gasteiger partial charge in [-0.15, -0.1) is 0 Å². The van der Waals surface area contributed by atoms with E-state index < -0.39 is 30.5 Å². The van der Waals surface area contributed by atoms with Gasteiger partial charge in [-0.1, -0.05) is 91.0 Å². The highest BCUT2D eigenvalue weighted by molar-refractivity contribution is 5.15. The van der Waals surface area contributed by atoms with Crippen LogP contribution in [-0.4, -0.2) is 42.2 Å². The van der Waals surface area contributed by atoms with Crippen LogP contribution in [0, 0.1) is 11.3 Å². The maximum absolute atomic E-state index is 10.9. The maximum atomic E-state index is 10.9. The first kappa shape index (κ1) is 24.1. The second kappa shape index (κ2) is 12.4. The Morgan fingerprint density at radius 1 is 0.706 bits per heavy atom. The van der Waals surface area contributed by atoms with Crippen molar-refractivity contribution in [2.75, 3.05) is 6.61 Å². The van der Waals surface area contributed by atoms with Gasteiger partial charge in [0.15, 0.2) is 6.10 Å². The van der Waals surface area contributed by atoms with Crippen molar-refractivity contribution in [1.82, 2.24) is 0 Å². The molecular formula is C28H29NO5. The van der Waals surface area contributed by atoms with Crippen molar-refractivity contribution in [3.8, 4) is 6.07 Å². The van der Waals surface area contributed by atoms with Crippen LogP contribution in [0.4, 0.5) is 0 Å². The average molecular weight is 460 g/mol. The molecule has 0 saturated carbocycles. The first-order valence-electron chi connectivity index (χ1n) is 11.4. The van der Waals surface area contributed by atoms with E-state index in [-0.39, 0.29) is 13.2 Å². The minimum atomic E-state index is -1.15. The Kier molecular flexibility index (Phi) is 8.80. The number of hydrogen-bond donors (Lipinski definition) is 1. The van der Waals surface area contributed by atoms with Gasteiger partial charge in [-0.05, 0) is 16.7 Å². The topological polar surface area (TPSA) is 80.9 Å². The van der Waals surface area contributed by atoms with E-state index in [9.17, 15) is 10.4 Å². The zero-order chi connectivity index (χ0) is 23.6. The first-order valence-corrected chi connectivity index (χ1v) is 11.4. The van der Waals surface area contributed by atoms with Crippen LogP contribution in [-0.2, 0) is 38.8 Å². The number of ether oxygens (including phenoxy) is 4. The van der Waals surface area contributed by atoms with Gasteiger partial charge in [0.05, 0.1) is 32.5 Å². The highest BCUT2D eigenvalue weighted by Crippen LogP contribution is 2.28. The summed E-state index contributed by atoms with van der Waals surface area (Å²) in [5.41, 5.74) is 2.99. The number of hydrogen-bond acceptors (Lipinski definition) is 6. The van der Waals surface area contributed by atoms with E-state index >= 15 is 0 Å². The second-order valence-electron chi connectivity index (χ2n) is 8.24. The monoisotopic (exact) mass is 459 g/mol. The fraction of sp³-hybridized carbons (Fsp3) is 0.321. The van der Waals surface area contributed by atoms with Gasteiger partial charge in [0.1, 0.15) is 24.4 Å². The van der Waals surface area contributed by atoms with Gasteiger partial charge in [-0.3, -0.25) is 0 Å². The molecule has 5 atom stereocenters. The van der Waals surface area contributed by atoms with Crippen molar-refractivity contribution in [3.05, 3.63) is 108 Å². The molecular weight excluding hydrogens is 430 g/mol. The summed E-state index contributed by atoms with van der Waals surface area (Å²) in [6.45, 7) is 1.20. The zero-order valence-corrected chi connectivity index (χ0v) is 18.9. The summed E-state index contributed by atoms with van der Waals surface area (Å²) in [7, 11) is 0. The molecule has 0 aromatic heterocycles. The van der Waals surface area contributed by atoms with Crippen LogP contribution in [0.3, 0.4) is 0 Å². The molecule has 1 saturated heterocycles. The Labute approximate surface area is 200 Å². The molecule has 6 heteroatoms. The second-order valence-corrected chi connectivity index (χ2v) is 8.24.